The first-order chi connectivity index (χ1) is 10.2. The van der Waals surface area contributed by atoms with E-state index in [2.05, 4.69) is 19.2 Å². The summed E-state index contributed by atoms with van der Waals surface area (Å²) in [6, 6.07) is 0. The average Bonchev–Trinajstić information content (AvgIpc) is 2.69. The molecule has 2 amide bonds. The van der Waals surface area contributed by atoms with Crippen LogP contribution < -0.4 is 5.32 Å². The number of amides is 2. The van der Waals surface area contributed by atoms with E-state index in [0.29, 0.717) is 13.0 Å². The van der Waals surface area contributed by atoms with E-state index in [1.807, 2.05) is 4.90 Å². The van der Waals surface area contributed by atoms with Crippen molar-refractivity contribution in [1.29, 1.82) is 0 Å². The number of rotatable bonds is 9. The van der Waals surface area contributed by atoms with Gasteiger partial charge in [0.2, 0.25) is 11.8 Å². The zero-order valence-corrected chi connectivity index (χ0v) is 13.8. The molecule has 0 saturated carbocycles. The zero-order valence-electron chi connectivity index (χ0n) is 13.8. The van der Waals surface area contributed by atoms with Crippen molar-refractivity contribution < 1.29 is 9.59 Å². The summed E-state index contributed by atoms with van der Waals surface area (Å²) in [5.41, 5.74) is 0. The van der Waals surface area contributed by atoms with E-state index in [0.717, 1.165) is 64.5 Å². The Morgan fingerprint density at radius 3 is 2.76 bits per heavy atom. The topological polar surface area (TPSA) is 49.4 Å². The Kier molecular flexibility index (Phi) is 9.11. The predicted octanol–water partition coefficient (Wildman–Crippen LogP) is 3.11. The summed E-state index contributed by atoms with van der Waals surface area (Å²) in [5, 5.41) is 3.04. The van der Waals surface area contributed by atoms with Crippen molar-refractivity contribution in [1.82, 2.24) is 10.2 Å². The maximum absolute atomic E-state index is 12.1. The van der Waals surface area contributed by atoms with Gasteiger partial charge < -0.3 is 10.2 Å². The van der Waals surface area contributed by atoms with Gasteiger partial charge in [0, 0.05) is 32.0 Å². The SMILES string of the molecule is CCCCC(CC)C(=O)NCCCN1CCCCCC1=O. The number of carbonyl (C=O) groups is 2. The molecular weight excluding hydrogens is 264 g/mol. The Balaban J connectivity index is 2.19. The quantitative estimate of drug-likeness (QED) is 0.665. The zero-order chi connectivity index (χ0) is 15.5. The number of nitrogens with zero attached hydrogens (tertiary/aromatic N) is 1. The fraction of sp³-hybridized carbons (Fsp3) is 0.882. The maximum atomic E-state index is 12.1. The number of hydrogen-bond donors (Lipinski definition) is 1. The van der Waals surface area contributed by atoms with E-state index in [9.17, 15) is 9.59 Å². The van der Waals surface area contributed by atoms with Crippen molar-refractivity contribution in [3.63, 3.8) is 0 Å². The highest BCUT2D eigenvalue weighted by Crippen LogP contribution is 2.13. The molecule has 1 atom stereocenters. The first-order valence-corrected chi connectivity index (χ1v) is 8.74. The lowest BCUT2D eigenvalue weighted by atomic mass is 9.98. The lowest BCUT2D eigenvalue weighted by Crippen LogP contribution is -2.35. The summed E-state index contributed by atoms with van der Waals surface area (Å²) in [7, 11) is 0. The van der Waals surface area contributed by atoms with E-state index in [1.165, 1.54) is 0 Å². The summed E-state index contributed by atoms with van der Waals surface area (Å²) in [5.74, 6) is 0.631. The molecule has 0 radical (unpaired) electrons. The van der Waals surface area contributed by atoms with Crippen LogP contribution in [0, 0.1) is 5.92 Å². The van der Waals surface area contributed by atoms with Crippen molar-refractivity contribution in [2.75, 3.05) is 19.6 Å². The first-order valence-electron chi connectivity index (χ1n) is 8.74. The van der Waals surface area contributed by atoms with Gasteiger partial charge in [0.05, 0.1) is 0 Å². The standard InChI is InChI=1S/C17H32N2O2/c1-3-5-10-15(4-2)17(21)18-12-9-14-19-13-8-6-7-11-16(19)20/h15H,3-14H2,1-2H3,(H,18,21). The van der Waals surface area contributed by atoms with Crippen molar-refractivity contribution in [3.05, 3.63) is 0 Å². The fourth-order valence-electron chi connectivity index (χ4n) is 2.87. The smallest absolute Gasteiger partial charge is 0.223 e. The van der Waals surface area contributed by atoms with Crippen molar-refractivity contribution in [2.45, 2.75) is 71.6 Å². The molecule has 0 aromatic heterocycles. The molecule has 0 aliphatic carbocycles. The number of likely N-dealkylation sites (tertiary alicyclic amines) is 1. The van der Waals surface area contributed by atoms with Crippen LogP contribution in [0.2, 0.25) is 0 Å². The van der Waals surface area contributed by atoms with Crippen LogP contribution >= 0.6 is 0 Å². The molecule has 1 saturated heterocycles. The molecule has 1 rings (SSSR count). The number of unbranched alkanes of at least 4 members (excludes halogenated alkanes) is 1. The molecule has 0 aromatic carbocycles. The van der Waals surface area contributed by atoms with Crippen LogP contribution in [0.1, 0.15) is 71.6 Å². The van der Waals surface area contributed by atoms with Gasteiger partial charge in [0.25, 0.3) is 0 Å². The lowest BCUT2D eigenvalue weighted by Gasteiger charge is -2.21. The summed E-state index contributed by atoms with van der Waals surface area (Å²) in [6.45, 7) is 6.59. The van der Waals surface area contributed by atoms with Crippen LogP contribution in [0.3, 0.4) is 0 Å². The minimum Gasteiger partial charge on any atom is -0.356 e. The van der Waals surface area contributed by atoms with Crippen LogP contribution in [0.5, 0.6) is 0 Å². The molecule has 1 aliphatic heterocycles. The molecule has 4 heteroatoms. The highest BCUT2D eigenvalue weighted by atomic mass is 16.2. The Hall–Kier alpha value is -1.06. The summed E-state index contributed by atoms with van der Waals surface area (Å²) in [6.07, 6.45) is 9.03. The minimum atomic E-state index is 0.157. The van der Waals surface area contributed by atoms with Gasteiger partial charge in [-0.05, 0) is 32.1 Å². The van der Waals surface area contributed by atoms with Crippen molar-refractivity contribution in [3.8, 4) is 0 Å². The molecule has 0 bridgehead atoms. The summed E-state index contributed by atoms with van der Waals surface area (Å²) >= 11 is 0. The van der Waals surface area contributed by atoms with Crippen molar-refractivity contribution >= 4 is 11.8 Å². The normalized spacial score (nSPS) is 17.4. The number of carbonyl (C=O) groups excluding carboxylic acids is 2. The molecule has 1 unspecified atom stereocenters. The van der Waals surface area contributed by atoms with Crippen LogP contribution in [0.4, 0.5) is 0 Å². The second-order valence-electron chi connectivity index (χ2n) is 6.08. The minimum absolute atomic E-state index is 0.157. The highest BCUT2D eigenvalue weighted by Gasteiger charge is 2.17. The monoisotopic (exact) mass is 296 g/mol. The molecule has 0 aromatic rings. The van der Waals surface area contributed by atoms with E-state index >= 15 is 0 Å². The molecule has 1 fully saturated rings. The molecule has 4 nitrogen and oxygen atoms in total. The van der Waals surface area contributed by atoms with E-state index < -0.39 is 0 Å². The molecule has 1 heterocycles. The van der Waals surface area contributed by atoms with Crippen molar-refractivity contribution in [2.24, 2.45) is 5.92 Å². The Bertz CT molecular complexity index is 318. The first kappa shape index (κ1) is 18.0. The van der Waals surface area contributed by atoms with Crippen LogP contribution in [-0.4, -0.2) is 36.3 Å². The molecule has 21 heavy (non-hydrogen) atoms. The predicted molar refractivity (Wildman–Crippen MR) is 86.0 cm³/mol. The summed E-state index contributed by atoms with van der Waals surface area (Å²) in [4.78, 5) is 25.9. The third-order valence-electron chi connectivity index (χ3n) is 4.35. The molecule has 122 valence electrons. The third kappa shape index (κ3) is 6.96. The van der Waals surface area contributed by atoms with Crippen LogP contribution in [0.25, 0.3) is 0 Å². The van der Waals surface area contributed by atoms with Gasteiger partial charge >= 0.3 is 0 Å². The van der Waals surface area contributed by atoms with Gasteiger partial charge in [-0.3, -0.25) is 9.59 Å². The van der Waals surface area contributed by atoms with Crippen LogP contribution in [0.15, 0.2) is 0 Å². The van der Waals surface area contributed by atoms with Gasteiger partial charge in [0.1, 0.15) is 0 Å². The molecule has 0 spiro atoms. The molecule has 1 N–H and O–H groups in total. The maximum Gasteiger partial charge on any atom is 0.223 e. The van der Waals surface area contributed by atoms with E-state index in [4.69, 9.17) is 0 Å². The second-order valence-corrected chi connectivity index (χ2v) is 6.08. The second kappa shape index (κ2) is 10.6. The number of nitrogens with one attached hydrogen (secondary N) is 1. The third-order valence-corrected chi connectivity index (χ3v) is 4.35. The largest absolute Gasteiger partial charge is 0.356 e. The average molecular weight is 296 g/mol. The number of hydrogen-bond acceptors (Lipinski definition) is 2. The molecular formula is C17H32N2O2. The van der Waals surface area contributed by atoms with Gasteiger partial charge in [-0.25, -0.2) is 0 Å². The van der Waals surface area contributed by atoms with Gasteiger partial charge in [0.15, 0.2) is 0 Å². The Labute approximate surface area is 129 Å². The highest BCUT2D eigenvalue weighted by molar-refractivity contribution is 5.78. The lowest BCUT2D eigenvalue weighted by molar-refractivity contribution is -0.130. The molecule has 1 aliphatic rings. The van der Waals surface area contributed by atoms with E-state index in [-0.39, 0.29) is 17.7 Å². The summed E-state index contributed by atoms with van der Waals surface area (Å²) < 4.78 is 0. The Morgan fingerprint density at radius 1 is 1.24 bits per heavy atom. The Morgan fingerprint density at radius 2 is 2.05 bits per heavy atom. The van der Waals surface area contributed by atoms with Crippen LogP contribution in [-0.2, 0) is 9.59 Å². The van der Waals surface area contributed by atoms with E-state index in [1.54, 1.807) is 0 Å². The van der Waals surface area contributed by atoms with Gasteiger partial charge in [-0.1, -0.05) is 33.1 Å². The fourth-order valence-corrected chi connectivity index (χ4v) is 2.87. The van der Waals surface area contributed by atoms with Gasteiger partial charge in [-0.15, -0.1) is 0 Å². The van der Waals surface area contributed by atoms with Gasteiger partial charge in [-0.2, -0.15) is 0 Å².